The number of fused-ring (bicyclic) bond motifs is 1. The van der Waals surface area contributed by atoms with Gasteiger partial charge in [0.1, 0.15) is 11.7 Å². The fourth-order valence-corrected chi connectivity index (χ4v) is 3.71. The van der Waals surface area contributed by atoms with Crippen molar-refractivity contribution in [2.45, 2.75) is 59.1 Å². The Morgan fingerprint density at radius 3 is 2.72 bits per heavy atom. The minimum absolute atomic E-state index is 0.0560. The predicted octanol–water partition coefficient (Wildman–Crippen LogP) is 2.57. The topological polar surface area (TPSA) is 83.0 Å². The van der Waals surface area contributed by atoms with E-state index in [2.05, 4.69) is 16.8 Å². The van der Waals surface area contributed by atoms with E-state index in [1.54, 1.807) is 29.1 Å². The molecule has 1 aromatic rings. The molecule has 3 atom stereocenters. The van der Waals surface area contributed by atoms with Crippen LogP contribution in [0.25, 0.3) is 0 Å². The SMILES string of the molecule is CC(C)C#Cc1cnc2c(c1)C(=O)N([C@H](C)CO)C[C@H](C)[C@H](CN(C)C(=O)CC1CC1)O2. The van der Waals surface area contributed by atoms with Gasteiger partial charge >= 0.3 is 0 Å². The van der Waals surface area contributed by atoms with Crippen LogP contribution in [0.15, 0.2) is 12.3 Å². The molecule has 0 aromatic carbocycles. The van der Waals surface area contributed by atoms with Crippen LogP contribution in [-0.2, 0) is 4.79 Å². The fraction of sp³-hybridized carbons (Fsp3) is 0.640. The Kier molecular flexibility index (Phi) is 7.78. The fourth-order valence-electron chi connectivity index (χ4n) is 3.71. The molecule has 0 saturated heterocycles. The van der Waals surface area contributed by atoms with Crippen LogP contribution < -0.4 is 4.74 Å². The normalized spacial score (nSPS) is 21.6. The summed E-state index contributed by atoms with van der Waals surface area (Å²) in [4.78, 5) is 33.8. The summed E-state index contributed by atoms with van der Waals surface area (Å²) >= 11 is 0. The zero-order chi connectivity index (χ0) is 23.4. The quantitative estimate of drug-likeness (QED) is 0.686. The van der Waals surface area contributed by atoms with Gasteiger partial charge in [-0.05, 0) is 31.7 Å². The Bertz CT molecular complexity index is 900. The lowest BCUT2D eigenvalue weighted by atomic mass is 9.99. The van der Waals surface area contributed by atoms with Gasteiger partial charge in [-0.2, -0.15) is 0 Å². The van der Waals surface area contributed by atoms with Gasteiger partial charge in [0.05, 0.1) is 19.2 Å². The van der Waals surface area contributed by atoms with Crippen LogP contribution in [0.3, 0.4) is 0 Å². The highest BCUT2D eigenvalue weighted by molar-refractivity contribution is 5.97. The van der Waals surface area contributed by atoms with Crippen LogP contribution in [0.1, 0.15) is 62.9 Å². The number of pyridine rings is 1. The summed E-state index contributed by atoms with van der Waals surface area (Å²) in [7, 11) is 1.80. The number of carbonyl (C=O) groups is 2. The molecular weight excluding hydrogens is 406 g/mol. The van der Waals surface area contributed by atoms with E-state index in [0.29, 0.717) is 36.6 Å². The molecule has 1 aliphatic carbocycles. The third kappa shape index (κ3) is 6.01. The summed E-state index contributed by atoms with van der Waals surface area (Å²) < 4.78 is 6.24. The van der Waals surface area contributed by atoms with E-state index in [9.17, 15) is 14.7 Å². The maximum atomic E-state index is 13.4. The molecule has 1 aliphatic heterocycles. The lowest BCUT2D eigenvalue weighted by Gasteiger charge is -2.37. The Morgan fingerprint density at radius 1 is 1.38 bits per heavy atom. The zero-order valence-corrected chi connectivity index (χ0v) is 19.8. The molecule has 0 unspecified atom stereocenters. The van der Waals surface area contributed by atoms with Crippen molar-refractivity contribution in [3.05, 3.63) is 23.4 Å². The molecule has 7 nitrogen and oxygen atoms in total. The van der Waals surface area contributed by atoms with Crippen molar-refractivity contribution in [3.8, 4) is 17.7 Å². The van der Waals surface area contributed by atoms with Gasteiger partial charge in [-0.1, -0.05) is 32.6 Å². The second-order valence-corrected chi connectivity index (χ2v) is 9.55. The van der Waals surface area contributed by atoms with Crippen LogP contribution in [0, 0.1) is 29.6 Å². The summed E-state index contributed by atoms with van der Waals surface area (Å²) in [5, 5.41) is 9.76. The average molecular weight is 442 g/mol. The first-order chi connectivity index (χ1) is 15.2. The van der Waals surface area contributed by atoms with Crippen molar-refractivity contribution in [1.29, 1.82) is 0 Å². The third-order valence-electron chi connectivity index (χ3n) is 6.07. The second-order valence-electron chi connectivity index (χ2n) is 9.55. The Hall–Kier alpha value is -2.59. The number of aliphatic hydroxyl groups is 1. The number of carbonyl (C=O) groups excluding carboxylic acids is 2. The molecular formula is C25H35N3O4. The van der Waals surface area contributed by atoms with E-state index in [1.165, 1.54) is 0 Å². The van der Waals surface area contributed by atoms with Crippen LogP contribution in [0.4, 0.5) is 0 Å². The molecule has 7 heteroatoms. The van der Waals surface area contributed by atoms with Crippen molar-refractivity contribution in [2.75, 3.05) is 26.7 Å². The van der Waals surface area contributed by atoms with E-state index >= 15 is 0 Å². The number of hydrogen-bond acceptors (Lipinski definition) is 5. The van der Waals surface area contributed by atoms with E-state index in [1.807, 2.05) is 27.7 Å². The van der Waals surface area contributed by atoms with Crippen LogP contribution in [0.2, 0.25) is 0 Å². The molecule has 174 valence electrons. The number of aliphatic hydroxyl groups excluding tert-OH is 1. The highest BCUT2D eigenvalue weighted by atomic mass is 16.5. The van der Waals surface area contributed by atoms with Crippen LogP contribution >= 0.6 is 0 Å². The lowest BCUT2D eigenvalue weighted by molar-refractivity contribution is -0.131. The molecule has 3 rings (SSSR count). The van der Waals surface area contributed by atoms with Gasteiger partial charge in [-0.3, -0.25) is 9.59 Å². The molecule has 0 bridgehead atoms. The van der Waals surface area contributed by atoms with E-state index in [4.69, 9.17) is 4.74 Å². The maximum absolute atomic E-state index is 13.4. The molecule has 1 aromatic heterocycles. The number of amides is 2. The van der Waals surface area contributed by atoms with Gasteiger partial charge < -0.3 is 19.6 Å². The molecule has 1 fully saturated rings. The minimum atomic E-state index is -0.351. The summed E-state index contributed by atoms with van der Waals surface area (Å²) in [6.07, 6.45) is 4.13. The smallest absolute Gasteiger partial charge is 0.259 e. The van der Waals surface area contributed by atoms with E-state index < -0.39 is 0 Å². The van der Waals surface area contributed by atoms with Gasteiger partial charge in [-0.25, -0.2) is 4.98 Å². The summed E-state index contributed by atoms with van der Waals surface area (Å²) in [6, 6.07) is 1.36. The predicted molar refractivity (Wildman–Crippen MR) is 122 cm³/mol. The van der Waals surface area contributed by atoms with E-state index in [0.717, 1.165) is 12.8 Å². The largest absolute Gasteiger partial charge is 0.472 e. The summed E-state index contributed by atoms with van der Waals surface area (Å²) in [6.45, 7) is 8.51. The lowest BCUT2D eigenvalue weighted by Crippen LogP contribution is -2.50. The van der Waals surface area contributed by atoms with Crippen LogP contribution in [-0.4, -0.2) is 70.6 Å². The first-order valence-electron chi connectivity index (χ1n) is 11.5. The number of nitrogens with zero attached hydrogens (tertiary/aromatic N) is 3. The number of rotatable bonds is 6. The van der Waals surface area contributed by atoms with Gasteiger partial charge in [-0.15, -0.1) is 0 Å². The first-order valence-corrected chi connectivity index (χ1v) is 11.5. The monoisotopic (exact) mass is 441 g/mol. The Morgan fingerprint density at radius 2 is 2.09 bits per heavy atom. The van der Waals surface area contributed by atoms with Crippen molar-refractivity contribution < 1.29 is 19.4 Å². The van der Waals surface area contributed by atoms with E-state index in [-0.39, 0.29) is 48.3 Å². The zero-order valence-electron chi connectivity index (χ0n) is 19.8. The average Bonchev–Trinajstić information content (AvgIpc) is 3.58. The molecule has 2 aliphatic rings. The Balaban J connectivity index is 1.91. The summed E-state index contributed by atoms with van der Waals surface area (Å²) in [5.41, 5.74) is 0.984. The van der Waals surface area contributed by atoms with Gasteiger partial charge in [0, 0.05) is 43.6 Å². The minimum Gasteiger partial charge on any atom is -0.472 e. The van der Waals surface area contributed by atoms with Crippen molar-refractivity contribution >= 4 is 11.8 Å². The number of aromatic nitrogens is 1. The number of likely N-dealkylation sites (N-methyl/N-ethyl adjacent to an activating group) is 1. The summed E-state index contributed by atoms with van der Waals surface area (Å²) in [5.74, 6) is 6.95. The Labute approximate surface area is 191 Å². The highest BCUT2D eigenvalue weighted by Gasteiger charge is 2.35. The number of hydrogen-bond donors (Lipinski definition) is 1. The molecule has 2 heterocycles. The van der Waals surface area contributed by atoms with Crippen molar-refractivity contribution in [1.82, 2.24) is 14.8 Å². The van der Waals surface area contributed by atoms with Crippen molar-refractivity contribution in [3.63, 3.8) is 0 Å². The van der Waals surface area contributed by atoms with Crippen LogP contribution in [0.5, 0.6) is 5.88 Å². The molecule has 2 amide bonds. The van der Waals surface area contributed by atoms with Gasteiger partial charge in [0.2, 0.25) is 11.8 Å². The standard InChI is InChI=1S/C25H35N3O4/c1-16(2)6-7-20-10-21-24(26-12-20)32-22(14-27(5)23(30)11-19-8-9-19)17(3)13-28(25(21)31)18(4)15-29/h10,12,16-19,22,29H,8-9,11,13-15H2,1-5H3/t17-,18+,22-/m0/s1. The highest BCUT2D eigenvalue weighted by Crippen LogP contribution is 2.33. The molecule has 32 heavy (non-hydrogen) atoms. The van der Waals surface area contributed by atoms with Gasteiger partial charge in [0.15, 0.2) is 0 Å². The third-order valence-corrected chi connectivity index (χ3v) is 6.07. The van der Waals surface area contributed by atoms with Crippen molar-refractivity contribution in [2.24, 2.45) is 17.8 Å². The van der Waals surface area contributed by atoms with Gasteiger partial charge in [0.25, 0.3) is 5.91 Å². The molecule has 1 saturated carbocycles. The molecule has 0 radical (unpaired) electrons. The first kappa shape index (κ1) is 24.1. The molecule has 0 spiro atoms. The second kappa shape index (κ2) is 10.4. The maximum Gasteiger partial charge on any atom is 0.259 e. The molecule has 1 N–H and O–H groups in total. The number of ether oxygens (including phenoxy) is 1.